The number of halogens is 1. The Kier molecular flexibility index (Phi) is 4.77. The SMILES string of the molecule is O=C(c1cccc(Cl)c1)N1CCN(C(=O)c2cccc3cccnc23)CC1. The summed E-state index contributed by atoms with van der Waals surface area (Å²) in [5, 5.41) is 1.48. The number of hydrogen-bond acceptors (Lipinski definition) is 3. The predicted octanol–water partition coefficient (Wildman–Crippen LogP) is 3.49. The molecule has 0 aliphatic carbocycles. The zero-order chi connectivity index (χ0) is 18.8. The normalized spacial score (nSPS) is 14.4. The first-order valence-electron chi connectivity index (χ1n) is 8.81. The summed E-state index contributed by atoms with van der Waals surface area (Å²) in [6.45, 7) is 1.98. The largest absolute Gasteiger partial charge is 0.335 e. The summed E-state index contributed by atoms with van der Waals surface area (Å²) in [5.41, 5.74) is 1.88. The number of amides is 2. The van der Waals surface area contributed by atoms with E-state index in [0.29, 0.717) is 47.8 Å². The number of carbonyl (C=O) groups is 2. The molecule has 0 bridgehead atoms. The minimum absolute atomic E-state index is 0.0471. The molecule has 0 radical (unpaired) electrons. The van der Waals surface area contributed by atoms with E-state index in [1.807, 2.05) is 24.3 Å². The second-order valence-electron chi connectivity index (χ2n) is 6.48. The molecule has 2 amide bonds. The van der Waals surface area contributed by atoms with Gasteiger partial charge in [0.05, 0.1) is 11.1 Å². The molecule has 0 atom stereocenters. The average Bonchev–Trinajstić information content (AvgIpc) is 2.72. The molecule has 1 aliphatic heterocycles. The highest BCUT2D eigenvalue weighted by Gasteiger charge is 2.26. The van der Waals surface area contributed by atoms with E-state index < -0.39 is 0 Å². The Balaban J connectivity index is 1.47. The maximum Gasteiger partial charge on any atom is 0.256 e. The van der Waals surface area contributed by atoms with Crippen LogP contribution >= 0.6 is 11.6 Å². The number of benzene rings is 2. The van der Waals surface area contributed by atoms with Crippen molar-refractivity contribution in [1.82, 2.24) is 14.8 Å². The Bertz CT molecular complexity index is 1010. The fourth-order valence-electron chi connectivity index (χ4n) is 3.36. The number of carbonyl (C=O) groups excluding carboxylic acids is 2. The van der Waals surface area contributed by atoms with Gasteiger partial charge >= 0.3 is 0 Å². The third-order valence-corrected chi connectivity index (χ3v) is 5.02. The van der Waals surface area contributed by atoms with Crippen molar-refractivity contribution in [3.8, 4) is 0 Å². The van der Waals surface area contributed by atoms with E-state index in [0.717, 1.165) is 5.39 Å². The highest BCUT2D eigenvalue weighted by atomic mass is 35.5. The first kappa shape index (κ1) is 17.5. The summed E-state index contributed by atoms with van der Waals surface area (Å²) in [5.74, 6) is -0.106. The number of nitrogens with zero attached hydrogens (tertiary/aromatic N) is 3. The number of hydrogen-bond donors (Lipinski definition) is 0. The van der Waals surface area contributed by atoms with Crippen LogP contribution < -0.4 is 0 Å². The second-order valence-corrected chi connectivity index (χ2v) is 6.91. The van der Waals surface area contributed by atoms with Gasteiger partial charge in [-0.15, -0.1) is 0 Å². The molecule has 136 valence electrons. The van der Waals surface area contributed by atoms with Gasteiger partial charge in [-0.3, -0.25) is 14.6 Å². The lowest BCUT2D eigenvalue weighted by molar-refractivity contribution is 0.0536. The van der Waals surface area contributed by atoms with Crippen molar-refractivity contribution in [3.05, 3.63) is 76.9 Å². The molecule has 27 heavy (non-hydrogen) atoms. The summed E-state index contributed by atoms with van der Waals surface area (Å²) in [7, 11) is 0. The van der Waals surface area contributed by atoms with E-state index in [2.05, 4.69) is 4.98 Å². The summed E-state index contributed by atoms with van der Waals surface area (Å²) in [6.07, 6.45) is 1.70. The maximum atomic E-state index is 13.0. The molecule has 3 aromatic rings. The van der Waals surface area contributed by atoms with Gasteiger partial charge in [-0.25, -0.2) is 0 Å². The van der Waals surface area contributed by atoms with E-state index in [9.17, 15) is 9.59 Å². The topological polar surface area (TPSA) is 53.5 Å². The minimum atomic E-state index is -0.0589. The van der Waals surface area contributed by atoms with E-state index in [1.165, 1.54) is 0 Å². The number of rotatable bonds is 2. The Morgan fingerprint density at radius 1 is 0.852 bits per heavy atom. The smallest absolute Gasteiger partial charge is 0.256 e. The molecular weight excluding hydrogens is 362 g/mol. The van der Waals surface area contributed by atoms with Crippen LogP contribution in [-0.4, -0.2) is 52.8 Å². The molecule has 0 saturated carbocycles. The maximum absolute atomic E-state index is 13.0. The van der Waals surface area contributed by atoms with Crippen LogP contribution in [0, 0.1) is 0 Å². The van der Waals surface area contributed by atoms with Crippen LogP contribution in [0.1, 0.15) is 20.7 Å². The molecule has 4 rings (SSSR count). The lowest BCUT2D eigenvalue weighted by Gasteiger charge is -2.35. The third kappa shape index (κ3) is 3.51. The number of para-hydroxylation sites is 1. The van der Waals surface area contributed by atoms with Crippen LogP contribution in [0.5, 0.6) is 0 Å². The van der Waals surface area contributed by atoms with E-state index in [4.69, 9.17) is 11.6 Å². The molecule has 1 aliphatic rings. The molecular formula is C21H18ClN3O2. The van der Waals surface area contributed by atoms with Gasteiger partial charge in [0.25, 0.3) is 11.8 Å². The van der Waals surface area contributed by atoms with Gasteiger partial charge in [0.1, 0.15) is 0 Å². The van der Waals surface area contributed by atoms with Crippen LogP contribution in [0.3, 0.4) is 0 Å². The Labute approximate surface area is 162 Å². The van der Waals surface area contributed by atoms with Gasteiger partial charge in [0.2, 0.25) is 0 Å². The van der Waals surface area contributed by atoms with Crippen molar-refractivity contribution in [2.75, 3.05) is 26.2 Å². The molecule has 0 unspecified atom stereocenters. The van der Waals surface area contributed by atoms with Gasteiger partial charge in [0, 0.05) is 48.3 Å². The first-order valence-corrected chi connectivity index (χ1v) is 9.19. The van der Waals surface area contributed by atoms with Crippen LogP contribution in [0.4, 0.5) is 0 Å². The molecule has 1 aromatic heterocycles. The van der Waals surface area contributed by atoms with E-state index in [1.54, 1.807) is 46.3 Å². The number of aromatic nitrogens is 1. The summed E-state index contributed by atoms with van der Waals surface area (Å²) in [6, 6.07) is 16.4. The summed E-state index contributed by atoms with van der Waals surface area (Å²) in [4.78, 5) is 33.5. The molecule has 0 N–H and O–H groups in total. The minimum Gasteiger partial charge on any atom is -0.335 e. The fraction of sp³-hybridized carbons (Fsp3) is 0.190. The Morgan fingerprint density at radius 3 is 2.26 bits per heavy atom. The van der Waals surface area contributed by atoms with Crippen molar-refractivity contribution in [1.29, 1.82) is 0 Å². The van der Waals surface area contributed by atoms with Gasteiger partial charge in [0.15, 0.2) is 0 Å². The number of piperazine rings is 1. The summed E-state index contributed by atoms with van der Waals surface area (Å²) >= 11 is 5.98. The van der Waals surface area contributed by atoms with Crippen molar-refractivity contribution >= 4 is 34.3 Å². The van der Waals surface area contributed by atoms with Crippen LogP contribution in [0.15, 0.2) is 60.8 Å². The molecule has 0 spiro atoms. The number of fused-ring (bicyclic) bond motifs is 1. The lowest BCUT2D eigenvalue weighted by Crippen LogP contribution is -2.50. The van der Waals surface area contributed by atoms with Crippen molar-refractivity contribution in [2.45, 2.75) is 0 Å². The molecule has 2 heterocycles. The van der Waals surface area contributed by atoms with Crippen LogP contribution in [0.25, 0.3) is 10.9 Å². The zero-order valence-electron chi connectivity index (χ0n) is 14.6. The van der Waals surface area contributed by atoms with Crippen molar-refractivity contribution in [3.63, 3.8) is 0 Å². The predicted molar refractivity (Wildman–Crippen MR) is 105 cm³/mol. The Morgan fingerprint density at radius 2 is 1.52 bits per heavy atom. The van der Waals surface area contributed by atoms with Crippen molar-refractivity contribution < 1.29 is 9.59 Å². The Hall–Kier alpha value is -2.92. The standard InChI is InChI=1S/C21H18ClN3O2/c22-17-7-1-5-16(14-17)20(26)24-10-12-25(13-11-24)21(27)18-8-2-4-15-6-3-9-23-19(15)18/h1-9,14H,10-13H2. The average molecular weight is 380 g/mol. The quantitative estimate of drug-likeness (QED) is 0.685. The van der Waals surface area contributed by atoms with Crippen LogP contribution in [0.2, 0.25) is 5.02 Å². The molecule has 6 heteroatoms. The molecule has 1 fully saturated rings. The van der Waals surface area contributed by atoms with Gasteiger partial charge in [-0.2, -0.15) is 0 Å². The first-order chi connectivity index (χ1) is 13.1. The number of pyridine rings is 1. The summed E-state index contributed by atoms with van der Waals surface area (Å²) < 4.78 is 0. The monoisotopic (exact) mass is 379 g/mol. The molecule has 5 nitrogen and oxygen atoms in total. The van der Waals surface area contributed by atoms with Gasteiger partial charge in [-0.1, -0.05) is 35.9 Å². The molecule has 1 saturated heterocycles. The molecule has 2 aromatic carbocycles. The van der Waals surface area contributed by atoms with E-state index in [-0.39, 0.29) is 11.8 Å². The fourth-order valence-corrected chi connectivity index (χ4v) is 3.55. The van der Waals surface area contributed by atoms with Gasteiger partial charge < -0.3 is 9.80 Å². The van der Waals surface area contributed by atoms with Crippen LogP contribution in [-0.2, 0) is 0 Å². The lowest BCUT2D eigenvalue weighted by atomic mass is 10.1. The third-order valence-electron chi connectivity index (χ3n) is 4.79. The highest BCUT2D eigenvalue weighted by Crippen LogP contribution is 2.19. The highest BCUT2D eigenvalue weighted by molar-refractivity contribution is 6.30. The van der Waals surface area contributed by atoms with E-state index >= 15 is 0 Å². The van der Waals surface area contributed by atoms with Gasteiger partial charge in [-0.05, 0) is 30.3 Å². The van der Waals surface area contributed by atoms with Crippen molar-refractivity contribution in [2.24, 2.45) is 0 Å². The zero-order valence-corrected chi connectivity index (χ0v) is 15.4. The second kappa shape index (κ2) is 7.37.